The molecule has 4 heterocycles. The summed E-state index contributed by atoms with van der Waals surface area (Å²) in [5.41, 5.74) is 4.69. The largest absolute Gasteiger partial charge is 0.375 e. The summed E-state index contributed by atoms with van der Waals surface area (Å²) >= 11 is 3.58. The standard InChI is InChI=1S/C30H32N6O2S2/c1-19-15-33-22(16-32-19)23(17-35(2)3)34-20-9-10-26-28(14-20)39-27-8-4-6-21(29(27)40-26)25-18-36(12-13-38-25)24-7-5-11-31-30(24)37/h4-11,14-16,23,25,34H,12-13,17-18H2,1-3H3,(H,31,37). The van der Waals surface area contributed by atoms with Crippen molar-refractivity contribution in [3.8, 4) is 0 Å². The molecular weight excluding hydrogens is 541 g/mol. The van der Waals surface area contributed by atoms with Crippen molar-refractivity contribution in [1.29, 1.82) is 0 Å². The van der Waals surface area contributed by atoms with Gasteiger partial charge in [-0.05, 0) is 63.0 Å². The molecule has 0 aliphatic carbocycles. The van der Waals surface area contributed by atoms with Crippen LogP contribution in [-0.4, -0.2) is 60.2 Å². The molecule has 8 nitrogen and oxygen atoms in total. The second-order valence-electron chi connectivity index (χ2n) is 10.3. The molecule has 2 atom stereocenters. The van der Waals surface area contributed by atoms with Gasteiger partial charge in [0.05, 0.1) is 30.2 Å². The fourth-order valence-electron chi connectivity index (χ4n) is 5.05. The summed E-state index contributed by atoms with van der Waals surface area (Å²) in [5, 5.41) is 3.69. The molecular formula is C30H32N6O2S2. The Morgan fingerprint density at radius 1 is 1.10 bits per heavy atom. The van der Waals surface area contributed by atoms with Gasteiger partial charge in [0.2, 0.25) is 0 Å². The Hall–Kier alpha value is -3.31. The lowest BCUT2D eigenvalue weighted by molar-refractivity contribution is 0.0378. The molecule has 2 unspecified atom stereocenters. The van der Waals surface area contributed by atoms with Crippen molar-refractivity contribution in [3.05, 3.63) is 94.4 Å². The number of morpholine rings is 1. The summed E-state index contributed by atoms with van der Waals surface area (Å²) in [6.07, 6.45) is 5.24. The number of aromatic nitrogens is 3. The third-order valence-electron chi connectivity index (χ3n) is 6.98. The monoisotopic (exact) mass is 572 g/mol. The van der Waals surface area contributed by atoms with E-state index in [1.807, 2.05) is 31.5 Å². The zero-order valence-corrected chi connectivity index (χ0v) is 24.4. The molecule has 0 amide bonds. The number of nitrogens with one attached hydrogen (secondary N) is 2. The van der Waals surface area contributed by atoms with E-state index in [1.165, 1.54) is 25.1 Å². The van der Waals surface area contributed by atoms with E-state index < -0.39 is 0 Å². The molecule has 0 spiro atoms. The Morgan fingerprint density at radius 2 is 2.00 bits per heavy atom. The molecule has 2 aromatic heterocycles. The first-order chi connectivity index (χ1) is 19.4. The predicted molar refractivity (Wildman–Crippen MR) is 161 cm³/mol. The van der Waals surface area contributed by atoms with Gasteiger partial charge in [0.15, 0.2) is 0 Å². The first-order valence-corrected chi connectivity index (χ1v) is 14.9. The molecule has 1 fully saturated rings. The number of nitrogens with zero attached hydrogens (tertiary/aromatic N) is 4. The van der Waals surface area contributed by atoms with Gasteiger partial charge in [0, 0.05) is 57.3 Å². The van der Waals surface area contributed by atoms with Gasteiger partial charge in [-0.15, -0.1) is 0 Å². The maximum Gasteiger partial charge on any atom is 0.271 e. The fourth-order valence-corrected chi connectivity index (χ4v) is 7.50. The van der Waals surface area contributed by atoms with Crippen LogP contribution in [0.2, 0.25) is 0 Å². The summed E-state index contributed by atoms with van der Waals surface area (Å²) < 4.78 is 6.25. The minimum Gasteiger partial charge on any atom is -0.375 e. The summed E-state index contributed by atoms with van der Waals surface area (Å²) in [5.74, 6) is 0. The number of pyridine rings is 1. The number of hydrogen-bond donors (Lipinski definition) is 2. The van der Waals surface area contributed by atoms with Crippen LogP contribution in [0.1, 0.15) is 29.1 Å². The number of ether oxygens (including phenoxy) is 1. The molecule has 2 aliphatic heterocycles. The molecule has 0 saturated carbocycles. The van der Waals surface area contributed by atoms with Crippen molar-refractivity contribution >= 4 is 34.9 Å². The van der Waals surface area contributed by atoms with Gasteiger partial charge in [-0.1, -0.05) is 35.7 Å². The van der Waals surface area contributed by atoms with Gasteiger partial charge in [0.25, 0.3) is 5.56 Å². The van der Waals surface area contributed by atoms with E-state index in [1.54, 1.807) is 29.7 Å². The highest BCUT2D eigenvalue weighted by atomic mass is 32.2. The number of hydrogen-bond acceptors (Lipinski definition) is 9. The molecule has 0 radical (unpaired) electrons. The van der Waals surface area contributed by atoms with E-state index in [2.05, 4.69) is 80.6 Å². The number of H-pyrrole nitrogens is 1. The van der Waals surface area contributed by atoms with Gasteiger partial charge in [-0.3, -0.25) is 14.8 Å². The summed E-state index contributed by atoms with van der Waals surface area (Å²) in [7, 11) is 4.13. The Kier molecular flexibility index (Phi) is 7.84. The quantitative estimate of drug-likeness (QED) is 0.267. The van der Waals surface area contributed by atoms with E-state index in [9.17, 15) is 4.79 Å². The van der Waals surface area contributed by atoms with Crippen molar-refractivity contribution < 1.29 is 4.74 Å². The van der Waals surface area contributed by atoms with E-state index in [4.69, 9.17) is 4.74 Å². The SMILES string of the molecule is Cc1cnc(C(CN(C)C)Nc2ccc3c(c2)Sc2cccc(C4CN(c5ccc[nH]c5=O)CCO4)c2S3)cn1. The van der Waals surface area contributed by atoms with Crippen molar-refractivity contribution in [2.45, 2.75) is 38.7 Å². The number of aromatic amines is 1. The van der Waals surface area contributed by atoms with Gasteiger partial charge in [0.1, 0.15) is 11.8 Å². The zero-order valence-electron chi connectivity index (χ0n) is 22.8. The van der Waals surface area contributed by atoms with Crippen LogP contribution in [0.25, 0.3) is 0 Å². The van der Waals surface area contributed by atoms with Crippen LogP contribution in [0.4, 0.5) is 11.4 Å². The highest BCUT2D eigenvalue weighted by Crippen LogP contribution is 2.52. The van der Waals surface area contributed by atoms with Gasteiger partial charge in [-0.2, -0.15) is 0 Å². The smallest absolute Gasteiger partial charge is 0.271 e. The Bertz CT molecular complexity index is 1560. The van der Waals surface area contributed by atoms with Gasteiger partial charge < -0.3 is 24.8 Å². The van der Waals surface area contributed by atoms with Crippen LogP contribution in [-0.2, 0) is 4.74 Å². The number of aryl methyl sites for hydroxylation is 1. The fraction of sp³-hybridized carbons (Fsp3) is 0.300. The van der Waals surface area contributed by atoms with E-state index in [0.29, 0.717) is 25.4 Å². The van der Waals surface area contributed by atoms with E-state index >= 15 is 0 Å². The lowest BCUT2D eigenvalue weighted by Crippen LogP contribution is -2.41. The van der Waals surface area contributed by atoms with Crippen molar-refractivity contribution in [2.75, 3.05) is 50.6 Å². The second kappa shape index (κ2) is 11.7. The average molecular weight is 573 g/mol. The van der Waals surface area contributed by atoms with Crippen LogP contribution in [0, 0.1) is 6.92 Å². The lowest BCUT2D eigenvalue weighted by Gasteiger charge is -2.35. The molecule has 2 aliphatic rings. The Labute approximate surface area is 242 Å². The molecule has 10 heteroatoms. The van der Waals surface area contributed by atoms with Crippen molar-refractivity contribution in [2.24, 2.45) is 0 Å². The summed E-state index contributed by atoms with van der Waals surface area (Å²) in [6, 6.07) is 16.8. The third-order valence-corrected chi connectivity index (χ3v) is 9.59. The molecule has 4 aromatic rings. The van der Waals surface area contributed by atoms with Crippen LogP contribution in [0.15, 0.2) is 91.5 Å². The number of fused-ring (bicyclic) bond motifs is 2. The second-order valence-corrected chi connectivity index (χ2v) is 12.4. The van der Waals surface area contributed by atoms with Gasteiger partial charge >= 0.3 is 0 Å². The summed E-state index contributed by atoms with van der Waals surface area (Å²) in [6.45, 7) is 4.66. The molecule has 2 aromatic carbocycles. The zero-order chi connectivity index (χ0) is 27.6. The maximum atomic E-state index is 12.4. The van der Waals surface area contributed by atoms with Crippen LogP contribution >= 0.6 is 23.5 Å². The number of likely N-dealkylation sites (N-methyl/N-ethyl adjacent to an activating group) is 1. The van der Waals surface area contributed by atoms with Crippen LogP contribution in [0.3, 0.4) is 0 Å². The third kappa shape index (κ3) is 5.76. The highest BCUT2D eigenvalue weighted by Gasteiger charge is 2.29. The normalized spacial score (nSPS) is 17.3. The van der Waals surface area contributed by atoms with Crippen LogP contribution < -0.4 is 15.8 Å². The Morgan fingerprint density at radius 3 is 2.80 bits per heavy atom. The highest BCUT2D eigenvalue weighted by molar-refractivity contribution is 8.05. The Balaban J connectivity index is 1.23. The molecule has 1 saturated heterocycles. The molecule has 0 bridgehead atoms. The van der Waals surface area contributed by atoms with Gasteiger partial charge in [-0.25, -0.2) is 0 Å². The van der Waals surface area contributed by atoms with Crippen molar-refractivity contribution in [1.82, 2.24) is 19.9 Å². The predicted octanol–water partition coefficient (Wildman–Crippen LogP) is 5.38. The topological polar surface area (TPSA) is 86.4 Å². The lowest BCUT2D eigenvalue weighted by atomic mass is 10.1. The average Bonchev–Trinajstić information content (AvgIpc) is 2.96. The number of anilines is 2. The first kappa shape index (κ1) is 26.9. The minimum atomic E-state index is -0.110. The molecule has 40 heavy (non-hydrogen) atoms. The van der Waals surface area contributed by atoms with E-state index in [-0.39, 0.29) is 17.7 Å². The maximum absolute atomic E-state index is 12.4. The number of benzene rings is 2. The van der Waals surface area contributed by atoms with E-state index in [0.717, 1.165) is 23.6 Å². The number of rotatable bonds is 7. The first-order valence-electron chi connectivity index (χ1n) is 13.3. The van der Waals surface area contributed by atoms with Crippen LogP contribution in [0.5, 0.6) is 0 Å². The molecule has 2 N–H and O–H groups in total. The van der Waals surface area contributed by atoms with Crippen molar-refractivity contribution in [3.63, 3.8) is 0 Å². The molecule has 206 valence electrons. The minimum absolute atomic E-state index is 0.0181. The summed E-state index contributed by atoms with van der Waals surface area (Å²) in [4.78, 5) is 33.5. The molecule has 6 rings (SSSR count).